The Labute approximate surface area is 94.0 Å². The summed E-state index contributed by atoms with van der Waals surface area (Å²) in [6, 6.07) is 9.34. The molecule has 0 unspecified atom stereocenters. The van der Waals surface area contributed by atoms with Crippen LogP contribution in [-0.2, 0) is 0 Å². The average Bonchev–Trinajstić information content (AvgIpc) is 2.69. The Morgan fingerprint density at radius 1 is 1.31 bits per heavy atom. The van der Waals surface area contributed by atoms with E-state index in [0.29, 0.717) is 5.76 Å². The standard InChI is InChI=1S/C13H13NO2/c1-14(2)8-7-11(15)13-9-10-5-3-4-6-12(10)16-13/h3-9H,1-2H3. The molecule has 3 nitrogen and oxygen atoms in total. The molecule has 0 aliphatic carbocycles. The van der Waals surface area contributed by atoms with Crippen molar-refractivity contribution in [3.05, 3.63) is 48.4 Å². The highest BCUT2D eigenvalue weighted by molar-refractivity contribution is 6.04. The van der Waals surface area contributed by atoms with Crippen molar-refractivity contribution in [2.24, 2.45) is 0 Å². The molecule has 1 aromatic carbocycles. The van der Waals surface area contributed by atoms with Crippen LogP contribution in [0.3, 0.4) is 0 Å². The first-order valence-corrected chi connectivity index (χ1v) is 5.04. The number of rotatable bonds is 3. The van der Waals surface area contributed by atoms with Gasteiger partial charge in [-0.15, -0.1) is 0 Å². The minimum atomic E-state index is -0.120. The molecule has 1 aromatic heterocycles. The number of allylic oxidation sites excluding steroid dienone is 1. The summed E-state index contributed by atoms with van der Waals surface area (Å²) in [6.07, 6.45) is 3.20. The van der Waals surface area contributed by atoms with Crippen LogP contribution in [0.15, 0.2) is 47.0 Å². The van der Waals surface area contributed by atoms with Gasteiger partial charge in [-0.25, -0.2) is 0 Å². The average molecular weight is 215 g/mol. The van der Waals surface area contributed by atoms with Crippen molar-refractivity contribution in [3.8, 4) is 0 Å². The minimum Gasteiger partial charge on any atom is -0.453 e. The molecule has 0 atom stereocenters. The lowest BCUT2D eigenvalue weighted by Gasteiger charge is -2.01. The molecule has 0 aliphatic heterocycles. The van der Waals surface area contributed by atoms with Gasteiger partial charge in [0.2, 0.25) is 5.78 Å². The third-order valence-corrected chi connectivity index (χ3v) is 2.19. The van der Waals surface area contributed by atoms with Gasteiger partial charge in [-0.1, -0.05) is 18.2 Å². The van der Waals surface area contributed by atoms with E-state index in [0.717, 1.165) is 11.0 Å². The van der Waals surface area contributed by atoms with E-state index >= 15 is 0 Å². The van der Waals surface area contributed by atoms with E-state index in [1.807, 2.05) is 38.4 Å². The van der Waals surface area contributed by atoms with Crippen LogP contribution in [0.4, 0.5) is 0 Å². The Kier molecular flexibility index (Phi) is 2.77. The van der Waals surface area contributed by atoms with Crippen LogP contribution in [-0.4, -0.2) is 24.8 Å². The van der Waals surface area contributed by atoms with Crippen molar-refractivity contribution in [2.45, 2.75) is 0 Å². The predicted molar refractivity (Wildman–Crippen MR) is 63.4 cm³/mol. The number of para-hydroxylation sites is 1. The SMILES string of the molecule is CN(C)C=CC(=O)c1cc2ccccc2o1. The molecule has 82 valence electrons. The number of benzene rings is 1. The van der Waals surface area contributed by atoms with Crippen LogP contribution >= 0.6 is 0 Å². The monoisotopic (exact) mass is 215 g/mol. The number of carbonyl (C=O) groups excluding carboxylic acids is 1. The summed E-state index contributed by atoms with van der Waals surface area (Å²) in [4.78, 5) is 13.5. The molecule has 0 radical (unpaired) electrons. The van der Waals surface area contributed by atoms with Gasteiger partial charge in [0.1, 0.15) is 5.58 Å². The second kappa shape index (κ2) is 4.23. The Bertz CT molecular complexity index is 505. The van der Waals surface area contributed by atoms with Gasteiger partial charge in [-0.2, -0.15) is 0 Å². The largest absolute Gasteiger partial charge is 0.453 e. The van der Waals surface area contributed by atoms with Crippen molar-refractivity contribution in [1.82, 2.24) is 4.90 Å². The van der Waals surface area contributed by atoms with Crippen LogP contribution in [0.25, 0.3) is 11.0 Å². The van der Waals surface area contributed by atoms with Gasteiger partial charge in [0.05, 0.1) is 0 Å². The maximum atomic E-state index is 11.7. The second-order valence-electron chi connectivity index (χ2n) is 3.79. The number of carbonyl (C=O) groups is 1. The normalized spacial score (nSPS) is 11.1. The summed E-state index contributed by atoms with van der Waals surface area (Å²) in [6.45, 7) is 0. The first-order chi connectivity index (χ1) is 7.66. The Morgan fingerprint density at radius 3 is 2.75 bits per heavy atom. The van der Waals surface area contributed by atoms with Crippen molar-refractivity contribution < 1.29 is 9.21 Å². The molecule has 1 heterocycles. The number of ketones is 1. The zero-order valence-corrected chi connectivity index (χ0v) is 9.31. The second-order valence-corrected chi connectivity index (χ2v) is 3.79. The van der Waals surface area contributed by atoms with E-state index < -0.39 is 0 Å². The molecule has 16 heavy (non-hydrogen) atoms. The van der Waals surface area contributed by atoms with Gasteiger partial charge in [-0.05, 0) is 12.1 Å². The number of hydrogen-bond acceptors (Lipinski definition) is 3. The third kappa shape index (κ3) is 2.14. The van der Waals surface area contributed by atoms with Crippen LogP contribution in [0.2, 0.25) is 0 Å². The van der Waals surface area contributed by atoms with E-state index in [4.69, 9.17) is 4.42 Å². The third-order valence-electron chi connectivity index (χ3n) is 2.19. The van der Waals surface area contributed by atoms with Gasteiger partial charge in [0.25, 0.3) is 0 Å². The Morgan fingerprint density at radius 2 is 2.06 bits per heavy atom. The van der Waals surface area contributed by atoms with E-state index in [-0.39, 0.29) is 5.78 Å². The summed E-state index contributed by atoms with van der Waals surface area (Å²) in [7, 11) is 3.73. The Hall–Kier alpha value is -2.03. The lowest BCUT2D eigenvalue weighted by molar-refractivity contribution is 0.102. The molecule has 0 aliphatic rings. The summed E-state index contributed by atoms with van der Waals surface area (Å²) >= 11 is 0. The number of nitrogens with zero attached hydrogens (tertiary/aromatic N) is 1. The molecule has 0 amide bonds. The summed E-state index contributed by atoms with van der Waals surface area (Å²) in [5.41, 5.74) is 0.740. The van der Waals surface area contributed by atoms with Gasteiger partial charge in [0.15, 0.2) is 5.76 Å². The molecule has 0 fully saturated rings. The highest BCUT2D eigenvalue weighted by atomic mass is 16.3. The topological polar surface area (TPSA) is 33.5 Å². The van der Waals surface area contributed by atoms with Crippen molar-refractivity contribution in [1.29, 1.82) is 0 Å². The smallest absolute Gasteiger partial charge is 0.222 e. The molecule has 0 spiro atoms. The summed E-state index contributed by atoms with van der Waals surface area (Å²) < 4.78 is 5.44. The van der Waals surface area contributed by atoms with Crippen LogP contribution < -0.4 is 0 Å². The molecule has 3 heteroatoms. The number of furan rings is 1. The first-order valence-electron chi connectivity index (χ1n) is 5.04. The highest BCUT2D eigenvalue weighted by Crippen LogP contribution is 2.19. The van der Waals surface area contributed by atoms with Crippen molar-refractivity contribution in [3.63, 3.8) is 0 Å². The summed E-state index contributed by atoms with van der Waals surface area (Å²) in [5.74, 6) is 0.254. The molecule has 0 saturated carbocycles. The number of fused-ring (bicyclic) bond motifs is 1. The first kappa shape index (κ1) is 10.5. The predicted octanol–water partition coefficient (Wildman–Crippen LogP) is 2.69. The lowest BCUT2D eigenvalue weighted by atomic mass is 10.2. The zero-order valence-electron chi connectivity index (χ0n) is 9.31. The van der Waals surface area contributed by atoms with Gasteiger partial charge >= 0.3 is 0 Å². The molecule has 2 aromatic rings. The molecular formula is C13H13NO2. The number of hydrogen-bond donors (Lipinski definition) is 0. The maximum Gasteiger partial charge on any atom is 0.222 e. The molecular weight excluding hydrogens is 202 g/mol. The van der Waals surface area contributed by atoms with E-state index in [2.05, 4.69) is 0 Å². The molecule has 2 rings (SSSR count). The zero-order chi connectivity index (χ0) is 11.5. The van der Waals surface area contributed by atoms with Gasteiger partial charge in [-0.3, -0.25) is 4.79 Å². The molecule has 0 bridgehead atoms. The van der Waals surface area contributed by atoms with Crippen LogP contribution in [0, 0.1) is 0 Å². The maximum absolute atomic E-state index is 11.7. The van der Waals surface area contributed by atoms with Crippen molar-refractivity contribution >= 4 is 16.8 Å². The van der Waals surface area contributed by atoms with Gasteiger partial charge in [0, 0.05) is 31.8 Å². The fourth-order valence-corrected chi connectivity index (χ4v) is 1.40. The van der Waals surface area contributed by atoms with Crippen LogP contribution in [0.5, 0.6) is 0 Å². The fourth-order valence-electron chi connectivity index (χ4n) is 1.40. The van der Waals surface area contributed by atoms with Crippen LogP contribution in [0.1, 0.15) is 10.6 Å². The van der Waals surface area contributed by atoms with Gasteiger partial charge < -0.3 is 9.32 Å². The van der Waals surface area contributed by atoms with Crippen molar-refractivity contribution in [2.75, 3.05) is 14.1 Å². The minimum absolute atomic E-state index is 0.120. The van der Waals surface area contributed by atoms with E-state index in [1.165, 1.54) is 6.08 Å². The summed E-state index contributed by atoms with van der Waals surface area (Å²) in [5, 5.41) is 0.948. The molecule has 0 N–H and O–H groups in total. The van der Waals surface area contributed by atoms with E-state index in [9.17, 15) is 4.79 Å². The van der Waals surface area contributed by atoms with E-state index in [1.54, 1.807) is 17.2 Å². The lowest BCUT2D eigenvalue weighted by Crippen LogP contribution is -2.02. The Balaban J connectivity index is 2.30. The quantitative estimate of drug-likeness (QED) is 0.583. The highest BCUT2D eigenvalue weighted by Gasteiger charge is 2.08. The molecule has 0 saturated heterocycles. The fraction of sp³-hybridized carbons (Fsp3) is 0.154.